The van der Waals surface area contributed by atoms with Crippen molar-refractivity contribution >= 4 is 5.78 Å². The Morgan fingerprint density at radius 3 is 2.24 bits per heavy atom. The molecule has 1 saturated carbocycles. The molecule has 1 aliphatic carbocycles. The van der Waals surface area contributed by atoms with Gasteiger partial charge in [0.2, 0.25) is 0 Å². The second-order valence-electron chi connectivity index (χ2n) is 4.56. The minimum Gasteiger partial charge on any atom is -0.299 e. The highest BCUT2D eigenvalue weighted by Crippen LogP contribution is 2.33. The molecule has 0 bridgehead atoms. The van der Waals surface area contributed by atoms with Crippen LogP contribution in [0.25, 0.3) is 0 Å². The van der Waals surface area contributed by atoms with E-state index in [1.165, 1.54) is 12.1 Å². The number of ketones is 1. The van der Waals surface area contributed by atoms with Crippen molar-refractivity contribution < 1.29 is 18.0 Å². The topological polar surface area (TPSA) is 17.1 Å². The molecule has 1 nitrogen and oxygen atoms in total. The Kier molecular flexibility index (Phi) is 3.22. The quantitative estimate of drug-likeness (QED) is 0.788. The number of halogens is 3. The molecule has 0 aliphatic heterocycles. The maximum absolute atomic E-state index is 12.3. The number of carbonyl (C=O) groups is 1. The molecule has 0 aromatic heterocycles. The van der Waals surface area contributed by atoms with Gasteiger partial charge in [-0.05, 0) is 36.5 Å². The zero-order chi connectivity index (χ0) is 12.5. The summed E-state index contributed by atoms with van der Waals surface area (Å²) in [5.41, 5.74) is -0.0143. The third-order valence-electron chi connectivity index (χ3n) is 2.90. The monoisotopic (exact) mass is 242 g/mol. The summed E-state index contributed by atoms with van der Waals surface area (Å²) < 4.78 is 36.9. The second-order valence-corrected chi connectivity index (χ2v) is 4.56. The van der Waals surface area contributed by atoms with E-state index in [1.807, 2.05) is 0 Å². The molecule has 0 radical (unpaired) electrons. The number of benzene rings is 1. The highest BCUT2D eigenvalue weighted by Gasteiger charge is 2.30. The Morgan fingerprint density at radius 2 is 1.76 bits per heavy atom. The number of hydrogen-bond donors (Lipinski definition) is 0. The SMILES string of the molecule is O=C(Cc1ccc(C(F)(F)F)cc1)CC1CC1. The summed E-state index contributed by atoms with van der Waals surface area (Å²) in [6.45, 7) is 0. The lowest BCUT2D eigenvalue weighted by atomic mass is 10.0. The van der Waals surface area contributed by atoms with Crippen LogP contribution in [0.15, 0.2) is 24.3 Å². The van der Waals surface area contributed by atoms with Gasteiger partial charge in [0.05, 0.1) is 5.56 Å². The molecule has 1 aromatic carbocycles. The first-order chi connectivity index (χ1) is 7.95. The zero-order valence-electron chi connectivity index (χ0n) is 9.26. The first-order valence-electron chi connectivity index (χ1n) is 5.63. The van der Waals surface area contributed by atoms with Crippen LogP contribution in [0.4, 0.5) is 13.2 Å². The summed E-state index contributed by atoms with van der Waals surface area (Å²) in [5, 5.41) is 0. The van der Waals surface area contributed by atoms with Crippen molar-refractivity contribution in [1.29, 1.82) is 0 Å². The molecule has 1 fully saturated rings. The highest BCUT2D eigenvalue weighted by atomic mass is 19.4. The van der Waals surface area contributed by atoms with Crippen molar-refractivity contribution in [2.24, 2.45) is 5.92 Å². The highest BCUT2D eigenvalue weighted by molar-refractivity contribution is 5.81. The standard InChI is InChI=1S/C13H13F3O/c14-13(15,16)11-5-3-10(4-6-11)8-12(17)7-9-1-2-9/h3-6,9H,1-2,7-8H2. The molecule has 1 aromatic rings. The molecular weight excluding hydrogens is 229 g/mol. The molecule has 0 unspecified atom stereocenters. The van der Waals surface area contributed by atoms with E-state index in [0.29, 0.717) is 17.9 Å². The van der Waals surface area contributed by atoms with E-state index in [0.717, 1.165) is 25.0 Å². The van der Waals surface area contributed by atoms with Gasteiger partial charge in [-0.25, -0.2) is 0 Å². The van der Waals surface area contributed by atoms with Crippen LogP contribution < -0.4 is 0 Å². The van der Waals surface area contributed by atoms with E-state index in [1.54, 1.807) is 0 Å². The van der Waals surface area contributed by atoms with Gasteiger partial charge in [0.25, 0.3) is 0 Å². The van der Waals surface area contributed by atoms with Gasteiger partial charge >= 0.3 is 6.18 Å². The van der Waals surface area contributed by atoms with E-state index >= 15 is 0 Å². The summed E-state index contributed by atoms with van der Waals surface area (Å²) in [4.78, 5) is 11.5. The van der Waals surface area contributed by atoms with Crippen LogP contribution in [0.5, 0.6) is 0 Å². The molecule has 0 spiro atoms. The van der Waals surface area contributed by atoms with Crippen molar-refractivity contribution in [3.8, 4) is 0 Å². The van der Waals surface area contributed by atoms with E-state index in [9.17, 15) is 18.0 Å². The van der Waals surface area contributed by atoms with Crippen LogP contribution in [0, 0.1) is 5.92 Å². The molecule has 0 amide bonds. The fraction of sp³-hybridized carbons (Fsp3) is 0.462. The maximum atomic E-state index is 12.3. The molecule has 92 valence electrons. The summed E-state index contributed by atoms with van der Waals surface area (Å²) in [5.74, 6) is 0.643. The molecule has 17 heavy (non-hydrogen) atoms. The fourth-order valence-electron chi connectivity index (χ4n) is 1.76. The van der Waals surface area contributed by atoms with Crippen LogP contribution in [-0.2, 0) is 17.4 Å². The third-order valence-corrected chi connectivity index (χ3v) is 2.90. The van der Waals surface area contributed by atoms with Crippen LogP contribution in [0.3, 0.4) is 0 Å². The Labute approximate surface area is 97.6 Å². The van der Waals surface area contributed by atoms with Crippen molar-refractivity contribution in [3.05, 3.63) is 35.4 Å². The third kappa shape index (κ3) is 3.58. The summed E-state index contributed by atoms with van der Waals surface area (Å²) in [6, 6.07) is 4.82. The molecule has 4 heteroatoms. The smallest absolute Gasteiger partial charge is 0.299 e. The average Bonchev–Trinajstić information content (AvgIpc) is 3.01. The molecule has 0 atom stereocenters. The summed E-state index contributed by atoms with van der Waals surface area (Å²) in [7, 11) is 0. The molecule has 0 N–H and O–H groups in total. The molecular formula is C13H13F3O. The lowest BCUT2D eigenvalue weighted by Crippen LogP contribution is -2.06. The summed E-state index contributed by atoms with van der Waals surface area (Å²) >= 11 is 0. The fourth-order valence-corrected chi connectivity index (χ4v) is 1.76. The van der Waals surface area contributed by atoms with Gasteiger partial charge in [-0.15, -0.1) is 0 Å². The Hall–Kier alpha value is -1.32. The van der Waals surface area contributed by atoms with Crippen LogP contribution in [0.2, 0.25) is 0 Å². The average molecular weight is 242 g/mol. The van der Waals surface area contributed by atoms with Gasteiger partial charge in [-0.3, -0.25) is 4.79 Å². The van der Waals surface area contributed by atoms with E-state index in [4.69, 9.17) is 0 Å². The first-order valence-corrected chi connectivity index (χ1v) is 5.63. The van der Waals surface area contributed by atoms with E-state index in [-0.39, 0.29) is 12.2 Å². The minimum atomic E-state index is -4.31. The van der Waals surface area contributed by atoms with Gasteiger partial charge in [-0.1, -0.05) is 12.1 Å². The summed E-state index contributed by atoms with van der Waals surface area (Å²) in [6.07, 6.45) is -1.27. The van der Waals surface area contributed by atoms with Crippen molar-refractivity contribution in [2.75, 3.05) is 0 Å². The largest absolute Gasteiger partial charge is 0.416 e. The molecule has 0 saturated heterocycles. The van der Waals surface area contributed by atoms with Gasteiger partial charge in [0.1, 0.15) is 5.78 Å². The predicted octanol–water partition coefficient (Wildman–Crippen LogP) is 3.62. The van der Waals surface area contributed by atoms with Crippen molar-refractivity contribution in [2.45, 2.75) is 31.9 Å². The lowest BCUT2D eigenvalue weighted by molar-refractivity contribution is -0.137. The molecule has 0 heterocycles. The second kappa shape index (κ2) is 4.51. The minimum absolute atomic E-state index is 0.118. The first kappa shape index (κ1) is 12.1. The number of Topliss-reactive ketones (excluding diaryl/α,β-unsaturated/α-hetero) is 1. The Bertz CT molecular complexity index is 402. The Balaban J connectivity index is 1.95. The number of hydrogen-bond acceptors (Lipinski definition) is 1. The molecule has 1 aliphatic rings. The van der Waals surface area contributed by atoms with Crippen molar-refractivity contribution in [1.82, 2.24) is 0 Å². The van der Waals surface area contributed by atoms with Gasteiger partial charge < -0.3 is 0 Å². The normalized spacial score (nSPS) is 15.9. The van der Waals surface area contributed by atoms with Crippen molar-refractivity contribution in [3.63, 3.8) is 0 Å². The Morgan fingerprint density at radius 1 is 1.18 bits per heavy atom. The van der Waals surface area contributed by atoms with Gasteiger partial charge in [0.15, 0.2) is 0 Å². The zero-order valence-corrected chi connectivity index (χ0v) is 9.26. The molecule has 2 rings (SSSR count). The van der Waals surface area contributed by atoms with E-state index < -0.39 is 11.7 Å². The maximum Gasteiger partial charge on any atom is 0.416 e. The lowest BCUT2D eigenvalue weighted by Gasteiger charge is -2.07. The van der Waals surface area contributed by atoms with Crippen LogP contribution in [-0.4, -0.2) is 5.78 Å². The van der Waals surface area contributed by atoms with E-state index in [2.05, 4.69) is 0 Å². The van der Waals surface area contributed by atoms with Gasteiger partial charge in [-0.2, -0.15) is 13.2 Å². The number of carbonyl (C=O) groups excluding carboxylic acids is 1. The number of alkyl halides is 3. The van der Waals surface area contributed by atoms with Crippen LogP contribution in [0.1, 0.15) is 30.4 Å². The van der Waals surface area contributed by atoms with Gasteiger partial charge in [0, 0.05) is 12.8 Å². The predicted molar refractivity (Wildman–Crippen MR) is 57.5 cm³/mol. The number of rotatable bonds is 4. The van der Waals surface area contributed by atoms with Crippen LogP contribution >= 0.6 is 0 Å².